The maximum absolute atomic E-state index is 11.4. The van der Waals surface area contributed by atoms with Crippen molar-refractivity contribution in [3.8, 4) is 11.4 Å². The Morgan fingerprint density at radius 2 is 2.16 bits per heavy atom. The fourth-order valence-electron chi connectivity index (χ4n) is 2.33. The molecular weight excluding hydrogens is 262 g/mol. The maximum Gasteiger partial charge on any atom is 0.348 e. The average Bonchev–Trinajstić information content (AvgIpc) is 3.08. The Morgan fingerprint density at radius 3 is 2.79 bits per heavy atom. The van der Waals surface area contributed by atoms with Crippen molar-refractivity contribution in [2.45, 2.75) is 19.3 Å². The molecule has 6 heteroatoms. The van der Waals surface area contributed by atoms with E-state index in [1.165, 1.54) is 17.8 Å². The van der Waals surface area contributed by atoms with E-state index >= 15 is 0 Å². The minimum atomic E-state index is -0.912. The van der Waals surface area contributed by atoms with Gasteiger partial charge in [-0.05, 0) is 31.4 Å². The summed E-state index contributed by atoms with van der Waals surface area (Å²) in [6.45, 7) is 1.94. The molecule has 0 atom stereocenters. The van der Waals surface area contributed by atoms with Crippen molar-refractivity contribution >= 4 is 22.4 Å². The van der Waals surface area contributed by atoms with Gasteiger partial charge in [-0.1, -0.05) is 11.3 Å². The minimum Gasteiger partial charge on any atom is -0.477 e. The van der Waals surface area contributed by atoms with Crippen LogP contribution in [0.2, 0.25) is 0 Å². The molecule has 19 heavy (non-hydrogen) atoms. The minimum absolute atomic E-state index is 0.308. The predicted molar refractivity (Wildman–Crippen MR) is 74.9 cm³/mol. The fourth-order valence-corrected chi connectivity index (χ4v) is 3.31. The number of anilines is 1. The third-order valence-corrected chi connectivity index (χ3v) is 4.39. The molecule has 5 nitrogen and oxygen atoms in total. The molecule has 1 fully saturated rings. The normalized spacial score (nSPS) is 15.7. The van der Waals surface area contributed by atoms with E-state index in [1.807, 2.05) is 12.1 Å². The number of hydrogen-bond donors (Lipinski definition) is 2. The van der Waals surface area contributed by atoms with Crippen LogP contribution in [0.25, 0.3) is 11.4 Å². The number of nitrogens with one attached hydrogen (secondary N) is 1. The molecule has 0 unspecified atom stereocenters. The number of aromatic amines is 1. The van der Waals surface area contributed by atoms with Gasteiger partial charge in [-0.15, -0.1) is 0 Å². The van der Waals surface area contributed by atoms with Crippen molar-refractivity contribution in [1.29, 1.82) is 0 Å². The Kier molecular flexibility index (Phi) is 3.25. The first-order valence-corrected chi connectivity index (χ1v) is 7.20. The number of carboxylic acid groups (broad SMARTS) is 1. The van der Waals surface area contributed by atoms with Crippen LogP contribution in [0.1, 0.15) is 28.9 Å². The van der Waals surface area contributed by atoms with E-state index in [-0.39, 0.29) is 0 Å². The van der Waals surface area contributed by atoms with Crippen LogP contribution in [0.5, 0.6) is 0 Å². The lowest BCUT2D eigenvalue weighted by Gasteiger charge is -2.25. The van der Waals surface area contributed by atoms with Gasteiger partial charge in [-0.2, -0.15) is 0 Å². The zero-order valence-electron chi connectivity index (χ0n) is 10.4. The third-order valence-electron chi connectivity index (χ3n) is 3.29. The number of piperidine rings is 1. The number of aromatic carboxylic acids is 1. The zero-order chi connectivity index (χ0) is 13.2. The van der Waals surface area contributed by atoms with Gasteiger partial charge in [0.1, 0.15) is 10.6 Å². The van der Waals surface area contributed by atoms with Crippen molar-refractivity contribution in [3.63, 3.8) is 0 Å². The highest BCUT2D eigenvalue weighted by Gasteiger charge is 2.23. The monoisotopic (exact) mass is 277 g/mol. The van der Waals surface area contributed by atoms with Gasteiger partial charge >= 0.3 is 5.97 Å². The van der Waals surface area contributed by atoms with E-state index < -0.39 is 5.97 Å². The maximum atomic E-state index is 11.4. The number of hydrogen-bond acceptors (Lipinski definition) is 4. The van der Waals surface area contributed by atoms with Crippen LogP contribution in [0.3, 0.4) is 0 Å². The van der Waals surface area contributed by atoms with E-state index in [1.54, 1.807) is 6.20 Å². The Morgan fingerprint density at radius 1 is 1.37 bits per heavy atom. The highest BCUT2D eigenvalue weighted by Crippen LogP contribution is 2.33. The Hall–Kier alpha value is -1.82. The molecule has 100 valence electrons. The number of thiazole rings is 1. The highest BCUT2D eigenvalue weighted by molar-refractivity contribution is 7.17. The van der Waals surface area contributed by atoms with Crippen LogP contribution in [0.15, 0.2) is 18.3 Å². The van der Waals surface area contributed by atoms with E-state index in [2.05, 4.69) is 14.9 Å². The van der Waals surface area contributed by atoms with Crippen LogP contribution in [0, 0.1) is 0 Å². The van der Waals surface area contributed by atoms with E-state index in [9.17, 15) is 9.90 Å². The average molecular weight is 277 g/mol. The number of H-pyrrole nitrogens is 1. The second-order valence-corrected chi connectivity index (χ2v) is 5.59. The summed E-state index contributed by atoms with van der Waals surface area (Å²) in [6, 6.07) is 3.70. The van der Waals surface area contributed by atoms with Gasteiger partial charge in [-0.25, -0.2) is 9.78 Å². The Labute approximate surface area is 114 Å². The molecule has 0 amide bonds. The molecule has 0 saturated carbocycles. The van der Waals surface area contributed by atoms with E-state index in [4.69, 9.17) is 0 Å². The SMILES string of the molecule is O=C(O)c1sc(N2CCCCC2)nc1-c1ccc[nH]1. The van der Waals surface area contributed by atoms with Crippen LogP contribution in [-0.2, 0) is 0 Å². The molecule has 1 aliphatic rings. The molecule has 3 rings (SSSR count). The van der Waals surface area contributed by atoms with Crippen molar-refractivity contribution in [3.05, 3.63) is 23.2 Å². The lowest BCUT2D eigenvalue weighted by atomic mass is 10.1. The van der Waals surface area contributed by atoms with Crippen molar-refractivity contribution in [1.82, 2.24) is 9.97 Å². The predicted octanol–water partition coefficient (Wildman–Crippen LogP) is 2.83. The van der Waals surface area contributed by atoms with Gasteiger partial charge < -0.3 is 15.0 Å². The molecule has 0 bridgehead atoms. The molecule has 3 heterocycles. The summed E-state index contributed by atoms with van der Waals surface area (Å²) in [5.41, 5.74) is 1.31. The smallest absolute Gasteiger partial charge is 0.348 e. The van der Waals surface area contributed by atoms with E-state index in [0.717, 1.165) is 36.8 Å². The van der Waals surface area contributed by atoms with Crippen LogP contribution >= 0.6 is 11.3 Å². The lowest BCUT2D eigenvalue weighted by molar-refractivity contribution is 0.0702. The van der Waals surface area contributed by atoms with Gasteiger partial charge in [0.2, 0.25) is 0 Å². The van der Waals surface area contributed by atoms with E-state index in [0.29, 0.717) is 10.6 Å². The molecule has 0 radical (unpaired) electrons. The highest BCUT2D eigenvalue weighted by atomic mass is 32.1. The number of nitrogens with zero attached hydrogens (tertiary/aromatic N) is 2. The molecule has 0 spiro atoms. The van der Waals surface area contributed by atoms with Gasteiger partial charge in [0.05, 0.1) is 5.69 Å². The van der Waals surface area contributed by atoms with Crippen molar-refractivity contribution in [2.75, 3.05) is 18.0 Å². The van der Waals surface area contributed by atoms with Crippen LogP contribution < -0.4 is 4.90 Å². The van der Waals surface area contributed by atoms with Gasteiger partial charge in [0, 0.05) is 19.3 Å². The summed E-state index contributed by atoms with van der Waals surface area (Å²) in [4.78, 5) is 21.4. The summed E-state index contributed by atoms with van der Waals surface area (Å²) in [6.07, 6.45) is 5.33. The first-order valence-electron chi connectivity index (χ1n) is 6.38. The van der Waals surface area contributed by atoms with Gasteiger partial charge in [-0.3, -0.25) is 0 Å². The summed E-state index contributed by atoms with van der Waals surface area (Å²) in [7, 11) is 0. The molecule has 0 aromatic carbocycles. The van der Waals surface area contributed by atoms with Crippen LogP contribution in [-0.4, -0.2) is 34.1 Å². The topological polar surface area (TPSA) is 69.2 Å². The largest absolute Gasteiger partial charge is 0.477 e. The summed E-state index contributed by atoms with van der Waals surface area (Å²) in [5, 5.41) is 10.1. The van der Waals surface area contributed by atoms with Gasteiger partial charge in [0.15, 0.2) is 5.13 Å². The standard InChI is InChI=1S/C13H15N3O2S/c17-12(18)11-10(9-5-4-6-14-9)15-13(19-11)16-7-2-1-3-8-16/h4-6,14H,1-3,7-8H2,(H,17,18). The number of carboxylic acids is 1. The first-order chi connectivity index (χ1) is 9.25. The zero-order valence-corrected chi connectivity index (χ0v) is 11.2. The van der Waals surface area contributed by atoms with Gasteiger partial charge in [0.25, 0.3) is 0 Å². The van der Waals surface area contributed by atoms with Crippen LogP contribution in [0.4, 0.5) is 5.13 Å². The molecule has 0 aliphatic carbocycles. The Balaban J connectivity index is 1.99. The summed E-state index contributed by atoms with van der Waals surface area (Å²) < 4.78 is 0. The molecular formula is C13H15N3O2S. The molecule has 2 aromatic rings. The lowest BCUT2D eigenvalue weighted by Crippen LogP contribution is -2.29. The molecule has 2 aromatic heterocycles. The molecule has 1 aliphatic heterocycles. The third kappa shape index (κ3) is 2.35. The van der Waals surface area contributed by atoms with Crippen molar-refractivity contribution < 1.29 is 9.90 Å². The fraction of sp³-hybridized carbons (Fsp3) is 0.385. The number of aromatic nitrogens is 2. The second kappa shape index (κ2) is 5.05. The molecule has 2 N–H and O–H groups in total. The quantitative estimate of drug-likeness (QED) is 0.905. The number of carbonyl (C=O) groups is 1. The van der Waals surface area contributed by atoms with Crippen molar-refractivity contribution in [2.24, 2.45) is 0 Å². The second-order valence-electron chi connectivity index (χ2n) is 4.61. The first kappa shape index (κ1) is 12.2. The molecule has 1 saturated heterocycles. The Bertz CT molecular complexity index is 571. The number of rotatable bonds is 3. The summed E-state index contributed by atoms with van der Waals surface area (Å²) >= 11 is 1.27. The summed E-state index contributed by atoms with van der Waals surface area (Å²) in [5.74, 6) is -0.912.